The summed E-state index contributed by atoms with van der Waals surface area (Å²) in [5.74, 6) is -0.160. The van der Waals surface area contributed by atoms with Crippen molar-refractivity contribution in [3.8, 4) is 0 Å². The Morgan fingerprint density at radius 2 is 2.06 bits per heavy atom. The van der Waals surface area contributed by atoms with Crippen LogP contribution < -0.4 is 0 Å². The second kappa shape index (κ2) is 6.24. The summed E-state index contributed by atoms with van der Waals surface area (Å²) in [5, 5.41) is 21.6. The van der Waals surface area contributed by atoms with Crippen LogP contribution in [0.4, 0.5) is 0 Å². The number of nitrogens with zero attached hydrogens (tertiary/aromatic N) is 3. The van der Waals surface area contributed by atoms with Crippen LogP contribution >= 0.6 is 0 Å². The minimum Gasteiger partial charge on any atom is -0.395 e. The van der Waals surface area contributed by atoms with E-state index in [9.17, 15) is 4.79 Å². The Kier molecular flexibility index (Phi) is 4.94. The van der Waals surface area contributed by atoms with Crippen LogP contribution in [0.25, 0.3) is 0 Å². The zero-order valence-electron chi connectivity index (χ0n) is 9.28. The van der Waals surface area contributed by atoms with Crippen LogP contribution in [-0.2, 0) is 4.79 Å². The number of aliphatic hydroxyl groups is 2. The molecule has 6 heteroatoms. The van der Waals surface area contributed by atoms with Gasteiger partial charge >= 0.3 is 0 Å². The van der Waals surface area contributed by atoms with Crippen LogP contribution in [-0.4, -0.2) is 57.1 Å². The summed E-state index contributed by atoms with van der Waals surface area (Å²) in [6.45, 7) is 1.96. The van der Waals surface area contributed by atoms with Gasteiger partial charge in [-0.25, -0.2) is 0 Å². The van der Waals surface area contributed by atoms with E-state index < -0.39 is 6.04 Å². The van der Waals surface area contributed by atoms with E-state index in [1.165, 1.54) is 4.90 Å². The lowest BCUT2D eigenvalue weighted by Gasteiger charge is -2.24. The first-order valence-electron chi connectivity index (χ1n) is 5.20. The van der Waals surface area contributed by atoms with Gasteiger partial charge in [-0.15, -0.1) is 0 Å². The van der Waals surface area contributed by atoms with Crippen LogP contribution in [0, 0.1) is 0 Å². The Labute approximate surface area is 94.1 Å². The number of hydrogen-bond acceptors (Lipinski definition) is 4. The largest absolute Gasteiger partial charge is 0.395 e. The van der Waals surface area contributed by atoms with Gasteiger partial charge in [-0.2, -0.15) is 5.10 Å². The van der Waals surface area contributed by atoms with E-state index in [2.05, 4.69) is 5.10 Å². The first kappa shape index (κ1) is 12.7. The van der Waals surface area contributed by atoms with Gasteiger partial charge in [-0.1, -0.05) is 0 Å². The van der Waals surface area contributed by atoms with Crippen LogP contribution in [0.3, 0.4) is 0 Å². The van der Waals surface area contributed by atoms with E-state index in [4.69, 9.17) is 10.2 Å². The Morgan fingerprint density at radius 3 is 2.50 bits per heavy atom. The number of carbonyl (C=O) groups excluding carboxylic acids is 1. The molecule has 1 amide bonds. The fraction of sp³-hybridized carbons (Fsp3) is 0.600. The molecule has 0 bridgehead atoms. The third-order valence-corrected chi connectivity index (χ3v) is 2.33. The molecule has 90 valence electrons. The van der Waals surface area contributed by atoms with Crippen molar-refractivity contribution in [3.05, 3.63) is 18.5 Å². The highest BCUT2D eigenvalue weighted by atomic mass is 16.3. The fourth-order valence-electron chi connectivity index (χ4n) is 1.46. The summed E-state index contributed by atoms with van der Waals surface area (Å²) < 4.78 is 1.55. The first-order chi connectivity index (χ1) is 7.70. The summed E-state index contributed by atoms with van der Waals surface area (Å²) in [4.78, 5) is 13.4. The maximum atomic E-state index is 12.0. The van der Waals surface area contributed by atoms with E-state index in [1.54, 1.807) is 30.1 Å². The van der Waals surface area contributed by atoms with Crippen LogP contribution in [0.5, 0.6) is 0 Å². The molecule has 0 fully saturated rings. The maximum absolute atomic E-state index is 12.0. The molecule has 1 atom stereocenters. The highest BCUT2D eigenvalue weighted by Crippen LogP contribution is 2.08. The minimum absolute atomic E-state index is 0.114. The molecule has 1 rings (SSSR count). The molecule has 0 spiro atoms. The standard InChI is InChI=1S/C10H17N3O3/c1-9(13-4-2-3-11-13)10(16)12(5-7-14)6-8-15/h2-4,9,14-15H,5-8H2,1H3. The smallest absolute Gasteiger partial charge is 0.247 e. The first-order valence-corrected chi connectivity index (χ1v) is 5.20. The van der Waals surface area contributed by atoms with E-state index in [0.29, 0.717) is 0 Å². The molecule has 0 aromatic carbocycles. The van der Waals surface area contributed by atoms with Gasteiger partial charge in [0.25, 0.3) is 0 Å². The van der Waals surface area contributed by atoms with Crippen molar-refractivity contribution < 1.29 is 15.0 Å². The molecule has 0 radical (unpaired) electrons. The lowest BCUT2D eigenvalue weighted by atomic mass is 10.3. The molecule has 0 aliphatic rings. The van der Waals surface area contributed by atoms with Crippen molar-refractivity contribution in [2.45, 2.75) is 13.0 Å². The average Bonchev–Trinajstić information content (AvgIpc) is 2.80. The van der Waals surface area contributed by atoms with Crippen molar-refractivity contribution in [2.24, 2.45) is 0 Å². The van der Waals surface area contributed by atoms with Crippen molar-refractivity contribution in [1.82, 2.24) is 14.7 Å². The van der Waals surface area contributed by atoms with Crippen LogP contribution in [0.1, 0.15) is 13.0 Å². The van der Waals surface area contributed by atoms with E-state index in [-0.39, 0.29) is 32.2 Å². The van der Waals surface area contributed by atoms with Gasteiger partial charge in [0.2, 0.25) is 5.91 Å². The van der Waals surface area contributed by atoms with Gasteiger partial charge < -0.3 is 15.1 Å². The highest BCUT2D eigenvalue weighted by Gasteiger charge is 2.21. The maximum Gasteiger partial charge on any atom is 0.247 e. The van der Waals surface area contributed by atoms with Crippen LogP contribution in [0.15, 0.2) is 18.5 Å². The number of amides is 1. The molecule has 0 saturated carbocycles. The number of carbonyl (C=O) groups is 1. The normalized spacial score (nSPS) is 12.4. The summed E-state index contributed by atoms with van der Waals surface area (Å²) in [7, 11) is 0. The second-order valence-electron chi connectivity index (χ2n) is 3.43. The number of rotatable bonds is 6. The molecule has 0 aliphatic carbocycles. The summed E-state index contributed by atoms with van der Waals surface area (Å²) in [6.07, 6.45) is 3.31. The lowest BCUT2D eigenvalue weighted by molar-refractivity contribution is -0.135. The molecule has 0 aliphatic heterocycles. The molecular formula is C10H17N3O3. The van der Waals surface area contributed by atoms with Gasteiger partial charge in [0, 0.05) is 25.5 Å². The van der Waals surface area contributed by atoms with E-state index >= 15 is 0 Å². The SMILES string of the molecule is CC(C(=O)N(CCO)CCO)n1cccn1. The predicted molar refractivity (Wildman–Crippen MR) is 57.7 cm³/mol. The van der Waals surface area contributed by atoms with Crippen molar-refractivity contribution >= 4 is 5.91 Å². The summed E-state index contributed by atoms with van der Waals surface area (Å²) in [6, 6.07) is 1.32. The van der Waals surface area contributed by atoms with Gasteiger partial charge in [-0.3, -0.25) is 9.48 Å². The number of hydrogen-bond donors (Lipinski definition) is 2. The highest BCUT2D eigenvalue weighted by molar-refractivity contribution is 5.79. The molecule has 6 nitrogen and oxygen atoms in total. The summed E-state index contributed by atoms with van der Waals surface area (Å²) >= 11 is 0. The number of aliphatic hydroxyl groups excluding tert-OH is 2. The molecule has 16 heavy (non-hydrogen) atoms. The average molecular weight is 227 g/mol. The molecule has 1 aromatic rings. The van der Waals surface area contributed by atoms with Crippen LogP contribution in [0.2, 0.25) is 0 Å². The third-order valence-electron chi connectivity index (χ3n) is 2.33. The molecular weight excluding hydrogens is 210 g/mol. The molecule has 0 saturated heterocycles. The summed E-state index contributed by atoms with van der Waals surface area (Å²) in [5.41, 5.74) is 0. The lowest BCUT2D eigenvalue weighted by Crippen LogP contribution is -2.40. The molecule has 1 aromatic heterocycles. The Bertz CT molecular complexity index is 307. The monoisotopic (exact) mass is 227 g/mol. The van der Waals surface area contributed by atoms with E-state index in [1.807, 2.05) is 0 Å². The zero-order chi connectivity index (χ0) is 12.0. The van der Waals surface area contributed by atoms with Gasteiger partial charge in [0.15, 0.2) is 0 Å². The zero-order valence-corrected chi connectivity index (χ0v) is 9.28. The van der Waals surface area contributed by atoms with Gasteiger partial charge in [-0.05, 0) is 13.0 Å². The van der Waals surface area contributed by atoms with Gasteiger partial charge in [0.05, 0.1) is 13.2 Å². The quantitative estimate of drug-likeness (QED) is 0.670. The molecule has 2 N–H and O–H groups in total. The molecule has 1 unspecified atom stereocenters. The Hall–Kier alpha value is -1.40. The van der Waals surface area contributed by atoms with Crippen molar-refractivity contribution in [1.29, 1.82) is 0 Å². The Balaban J connectivity index is 2.66. The Morgan fingerprint density at radius 1 is 1.44 bits per heavy atom. The number of aromatic nitrogens is 2. The second-order valence-corrected chi connectivity index (χ2v) is 3.43. The molecule has 1 heterocycles. The fourth-order valence-corrected chi connectivity index (χ4v) is 1.46. The van der Waals surface area contributed by atoms with Crippen molar-refractivity contribution in [3.63, 3.8) is 0 Å². The van der Waals surface area contributed by atoms with Gasteiger partial charge in [0.1, 0.15) is 6.04 Å². The topological polar surface area (TPSA) is 78.6 Å². The third kappa shape index (κ3) is 3.04. The van der Waals surface area contributed by atoms with E-state index in [0.717, 1.165) is 0 Å². The van der Waals surface area contributed by atoms with Crippen molar-refractivity contribution in [2.75, 3.05) is 26.3 Å². The predicted octanol–water partition coefficient (Wildman–Crippen LogP) is -0.743. The minimum atomic E-state index is -0.423.